The van der Waals surface area contributed by atoms with E-state index in [0.717, 1.165) is 25.2 Å². The molecule has 1 aliphatic rings. The van der Waals surface area contributed by atoms with Crippen molar-refractivity contribution in [1.29, 1.82) is 0 Å². The lowest BCUT2D eigenvalue weighted by Crippen LogP contribution is -2.25. The van der Waals surface area contributed by atoms with E-state index in [1.807, 2.05) is 18.3 Å². The molecule has 2 rings (SSSR count). The van der Waals surface area contributed by atoms with Gasteiger partial charge in [-0.05, 0) is 37.9 Å². The van der Waals surface area contributed by atoms with E-state index in [2.05, 4.69) is 22.9 Å². The molecular weight excluding hydrogens is 188 g/mol. The van der Waals surface area contributed by atoms with Crippen molar-refractivity contribution in [2.45, 2.75) is 19.4 Å². The molecule has 3 heteroatoms. The highest BCUT2D eigenvalue weighted by Crippen LogP contribution is 2.25. The predicted octanol–water partition coefficient (Wildman–Crippen LogP) is 1.46. The van der Waals surface area contributed by atoms with E-state index >= 15 is 0 Å². The lowest BCUT2D eigenvalue weighted by atomic mass is 10.1. The van der Waals surface area contributed by atoms with Gasteiger partial charge in [-0.15, -0.1) is 0 Å². The van der Waals surface area contributed by atoms with Crippen molar-refractivity contribution in [3.05, 3.63) is 30.1 Å². The van der Waals surface area contributed by atoms with E-state index in [1.165, 1.54) is 0 Å². The zero-order chi connectivity index (χ0) is 10.7. The molecule has 2 heterocycles. The number of pyridine rings is 1. The molecule has 82 valence electrons. The van der Waals surface area contributed by atoms with Gasteiger partial charge < -0.3 is 5.11 Å². The van der Waals surface area contributed by atoms with Gasteiger partial charge in [0.2, 0.25) is 0 Å². The zero-order valence-corrected chi connectivity index (χ0v) is 9.13. The molecule has 1 aromatic rings. The van der Waals surface area contributed by atoms with E-state index < -0.39 is 0 Å². The SMILES string of the molecule is C[C@@H](c1ccccn1)N1CC[C@@H](CO)C1. The van der Waals surface area contributed by atoms with Gasteiger partial charge in [0.15, 0.2) is 0 Å². The minimum atomic E-state index is 0.311. The van der Waals surface area contributed by atoms with Gasteiger partial charge in [0.05, 0.1) is 5.69 Å². The summed E-state index contributed by atoms with van der Waals surface area (Å²) in [5.74, 6) is 0.455. The van der Waals surface area contributed by atoms with Crippen LogP contribution in [0.1, 0.15) is 25.1 Å². The van der Waals surface area contributed by atoms with Crippen LogP contribution in [0.4, 0.5) is 0 Å². The molecule has 0 aromatic carbocycles. The third-order valence-corrected chi connectivity index (χ3v) is 3.24. The van der Waals surface area contributed by atoms with Crippen LogP contribution in [0.3, 0.4) is 0 Å². The van der Waals surface area contributed by atoms with Gasteiger partial charge >= 0.3 is 0 Å². The number of aliphatic hydroxyl groups is 1. The molecule has 0 spiro atoms. The number of hydrogen-bond acceptors (Lipinski definition) is 3. The summed E-state index contributed by atoms with van der Waals surface area (Å²) in [7, 11) is 0. The lowest BCUT2D eigenvalue weighted by molar-refractivity contribution is 0.203. The molecule has 0 bridgehead atoms. The molecule has 0 unspecified atom stereocenters. The minimum Gasteiger partial charge on any atom is -0.396 e. The van der Waals surface area contributed by atoms with Crippen LogP contribution >= 0.6 is 0 Å². The molecule has 2 atom stereocenters. The summed E-state index contributed by atoms with van der Waals surface area (Å²) in [6, 6.07) is 6.40. The number of likely N-dealkylation sites (tertiary alicyclic amines) is 1. The van der Waals surface area contributed by atoms with E-state index in [0.29, 0.717) is 18.6 Å². The summed E-state index contributed by atoms with van der Waals surface area (Å²) < 4.78 is 0. The van der Waals surface area contributed by atoms with Crippen LogP contribution in [0, 0.1) is 5.92 Å². The van der Waals surface area contributed by atoms with E-state index in [9.17, 15) is 0 Å². The van der Waals surface area contributed by atoms with Crippen LogP contribution in [0.25, 0.3) is 0 Å². The van der Waals surface area contributed by atoms with Gasteiger partial charge in [-0.2, -0.15) is 0 Å². The first-order chi connectivity index (χ1) is 7.31. The van der Waals surface area contributed by atoms with Crippen LogP contribution in [-0.4, -0.2) is 34.7 Å². The molecule has 1 fully saturated rings. The lowest BCUT2D eigenvalue weighted by Gasteiger charge is -2.23. The Morgan fingerprint density at radius 2 is 2.47 bits per heavy atom. The van der Waals surface area contributed by atoms with Crippen LogP contribution in [0.5, 0.6) is 0 Å². The first-order valence-electron chi connectivity index (χ1n) is 5.57. The number of nitrogens with zero attached hydrogens (tertiary/aromatic N) is 2. The zero-order valence-electron chi connectivity index (χ0n) is 9.13. The van der Waals surface area contributed by atoms with E-state index in [4.69, 9.17) is 5.11 Å². The van der Waals surface area contributed by atoms with E-state index in [-0.39, 0.29) is 0 Å². The quantitative estimate of drug-likeness (QED) is 0.813. The molecular formula is C12H18N2O. The standard InChI is InChI=1S/C12H18N2O/c1-10(12-4-2-3-6-13-12)14-7-5-11(8-14)9-15/h2-4,6,10-11,15H,5,7-9H2,1H3/t10-,11+/m0/s1. The smallest absolute Gasteiger partial charge is 0.0572 e. The maximum Gasteiger partial charge on any atom is 0.0572 e. The third kappa shape index (κ3) is 2.36. The molecule has 0 saturated carbocycles. The second-order valence-electron chi connectivity index (χ2n) is 4.26. The van der Waals surface area contributed by atoms with Gasteiger partial charge in [0.1, 0.15) is 0 Å². The fourth-order valence-corrected chi connectivity index (χ4v) is 2.17. The monoisotopic (exact) mass is 206 g/mol. The van der Waals surface area contributed by atoms with E-state index in [1.54, 1.807) is 0 Å². The second-order valence-corrected chi connectivity index (χ2v) is 4.26. The molecule has 0 amide bonds. The topological polar surface area (TPSA) is 36.4 Å². The summed E-state index contributed by atoms with van der Waals surface area (Å²) in [6.07, 6.45) is 2.94. The highest BCUT2D eigenvalue weighted by Gasteiger charge is 2.26. The Bertz CT molecular complexity index is 302. The highest BCUT2D eigenvalue weighted by atomic mass is 16.3. The molecule has 1 saturated heterocycles. The maximum absolute atomic E-state index is 9.09. The largest absolute Gasteiger partial charge is 0.396 e. The van der Waals surface area contributed by atoms with Crippen LogP contribution in [0.2, 0.25) is 0 Å². The number of rotatable bonds is 3. The molecule has 1 aromatic heterocycles. The van der Waals surface area contributed by atoms with Gasteiger partial charge in [0, 0.05) is 25.4 Å². The maximum atomic E-state index is 9.09. The fraction of sp³-hybridized carbons (Fsp3) is 0.583. The molecule has 3 nitrogen and oxygen atoms in total. The van der Waals surface area contributed by atoms with Crippen molar-refractivity contribution in [2.24, 2.45) is 5.92 Å². The molecule has 0 radical (unpaired) electrons. The van der Waals surface area contributed by atoms with Gasteiger partial charge in [-0.25, -0.2) is 0 Å². The van der Waals surface area contributed by atoms with Crippen LogP contribution < -0.4 is 0 Å². The molecule has 0 aliphatic carbocycles. The average Bonchev–Trinajstić information content (AvgIpc) is 2.78. The Kier molecular flexibility index (Phi) is 3.34. The number of aliphatic hydroxyl groups excluding tert-OH is 1. The number of aromatic nitrogens is 1. The van der Waals surface area contributed by atoms with Crippen molar-refractivity contribution in [3.63, 3.8) is 0 Å². The van der Waals surface area contributed by atoms with Crippen molar-refractivity contribution < 1.29 is 5.11 Å². The van der Waals surface area contributed by atoms with Crippen molar-refractivity contribution in [1.82, 2.24) is 9.88 Å². The van der Waals surface area contributed by atoms with Crippen LogP contribution in [-0.2, 0) is 0 Å². The van der Waals surface area contributed by atoms with Crippen molar-refractivity contribution in [3.8, 4) is 0 Å². The minimum absolute atomic E-state index is 0.311. The van der Waals surface area contributed by atoms with Crippen molar-refractivity contribution >= 4 is 0 Å². The Labute approximate surface area is 90.8 Å². The summed E-state index contributed by atoms with van der Waals surface area (Å²) in [6.45, 7) is 4.56. The van der Waals surface area contributed by atoms with Gasteiger partial charge in [-0.1, -0.05) is 6.07 Å². The summed E-state index contributed by atoms with van der Waals surface area (Å²) in [4.78, 5) is 6.76. The Hall–Kier alpha value is -0.930. The molecule has 1 aliphatic heterocycles. The highest BCUT2D eigenvalue weighted by molar-refractivity contribution is 5.08. The van der Waals surface area contributed by atoms with Crippen molar-refractivity contribution in [2.75, 3.05) is 19.7 Å². The fourth-order valence-electron chi connectivity index (χ4n) is 2.17. The summed E-state index contributed by atoms with van der Waals surface area (Å²) in [5.41, 5.74) is 1.12. The number of hydrogen-bond donors (Lipinski definition) is 1. The van der Waals surface area contributed by atoms with Crippen LogP contribution in [0.15, 0.2) is 24.4 Å². The Morgan fingerprint density at radius 1 is 1.60 bits per heavy atom. The Balaban J connectivity index is 2.00. The first-order valence-corrected chi connectivity index (χ1v) is 5.57. The molecule has 15 heavy (non-hydrogen) atoms. The normalized spacial score (nSPS) is 24.3. The first kappa shape index (κ1) is 10.6. The molecule has 1 N–H and O–H groups in total. The third-order valence-electron chi connectivity index (χ3n) is 3.24. The Morgan fingerprint density at radius 3 is 3.07 bits per heavy atom. The van der Waals surface area contributed by atoms with Gasteiger partial charge in [-0.3, -0.25) is 9.88 Å². The van der Waals surface area contributed by atoms with Gasteiger partial charge in [0.25, 0.3) is 0 Å². The second kappa shape index (κ2) is 4.73. The summed E-state index contributed by atoms with van der Waals surface area (Å²) >= 11 is 0. The predicted molar refractivity (Wildman–Crippen MR) is 59.4 cm³/mol. The summed E-state index contributed by atoms with van der Waals surface area (Å²) in [5, 5.41) is 9.09. The average molecular weight is 206 g/mol.